The molecule has 0 aliphatic carbocycles. The topological polar surface area (TPSA) is 38.7 Å². The minimum absolute atomic E-state index is 0.0787. The zero-order chi connectivity index (χ0) is 14.1. The Labute approximate surface area is 119 Å². The SMILES string of the molecule is O=CC1OC(c2ccccc2F)=Nc2cc(Cl)ccc21. The number of rotatable bonds is 2. The van der Waals surface area contributed by atoms with Crippen LogP contribution in [-0.2, 0) is 9.53 Å². The van der Waals surface area contributed by atoms with Gasteiger partial charge in [0.25, 0.3) is 0 Å². The van der Waals surface area contributed by atoms with Crippen molar-refractivity contribution in [3.63, 3.8) is 0 Å². The molecule has 1 heterocycles. The third-order valence-corrected chi connectivity index (χ3v) is 3.22. The number of nitrogens with zero attached hydrogens (tertiary/aromatic N) is 1. The van der Waals surface area contributed by atoms with E-state index in [2.05, 4.69) is 4.99 Å². The van der Waals surface area contributed by atoms with E-state index in [4.69, 9.17) is 16.3 Å². The van der Waals surface area contributed by atoms with Gasteiger partial charge in [-0.2, -0.15) is 0 Å². The first-order chi connectivity index (χ1) is 9.69. The summed E-state index contributed by atoms with van der Waals surface area (Å²) < 4.78 is 19.3. The lowest BCUT2D eigenvalue weighted by atomic mass is 10.1. The summed E-state index contributed by atoms with van der Waals surface area (Å²) in [7, 11) is 0. The van der Waals surface area contributed by atoms with E-state index in [0.717, 1.165) is 0 Å². The molecule has 1 aliphatic rings. The van der Waals surface area contributed by atoms with Gasteiger partial charge in [-0.05, 0) is 24.3 Å². The van der Waals surface area contributed by atoms with Crippen LogP contribution >= 0.6 is 11.6 Å². The van der Waals surface area contributed by atoms with Gasteiger partial charge < -0.3 is 4.74 Å². The molecule has 0 saturated heterocycles. The number of carbonyl (C=O) groups excluding carboxylic acids is 1. The molecule has 0 fully saturated rings. The summed E-state index contributed by atoms with van der Waals surface area (Å²) in [5.41, 5.74) is 1.34. The summed E-state index contributed by atoms with van der Waals surface area (Å²) in [6.07, 6.45) is -0.156. The van der Waals surface area contributed by atoms with Crippen molar-refractivity contribution in [2.45, 2.75) is 6.10 Å². The first-order valence-corrected chi connectivity index (χ1v) is 6.32. The zero-order valence-electron chi connectivity index (χ0n) is 10.2. The monoisotopic (exact) mass is 289 g/mol. The Balaban J connectivity index is 2.15. The molecule has 5 heteroatoms. The summed E-state index contributed by atoms with van der Waals surface area (Å²) in [6, 6.07) is 11.1. The fraction of sp³-hybridized carbons (Fsp3) is 0.0667. The second-order valence-electron chi connectivity index (χ2n) is 4.27. The molecular weight excluding hydrogens is 281 g/mol. The third-order valence-electron chi connectivity index (χ3n) is 2.99. The number of aliphatic imine (C=N–C) groups is 1. The Hall–Kier alpha value is -2.20. The highest BCUT2D eigenvalue weighted by atomic mass is 35.5. The zero-order valence-corrected chi connectivity index (χ0v) is 11.0. The molecule has 3 nitrogen and oxygen atoms in total. The maximum Gasteiger partial charge on any atom is 0.225 e. The molecule has 0 spiro atoms. The van der Waals surface area contributed by atoms with Crippen molar-refractivity contribution in [3.05, 3.63) is 64.4 Å². The number of carbonyl (C=O) groups is 1. The molecule has 0 radical (unpaired) electrons. The summed E-state index contributed by atoms with van der Waals surface area (Å²) >= 11 is 5.92. The molecule has 0 amide bonds. The first-order valence-electron chi connectivity index (χ1n) is 5.94. The number of ether oxygens (including phenoxy) is 1. The number of benzene rings is 2. The molecule has 2 aromatic carbocycles. The number of fused-ring (bicyclic) bond motifs is 1. The van der Waals surface area contributed by atoms with E-state index in [-0.39, 0.29) is 11.5 Å². The Kier molecular flexibility index (Phi) is 3.24. The molecule has 0 bridgehead atoms. The minimum atomic E-state index is -0.811. The van der Waals surface area contributed by atoms with Crippen molar-refractivity contribution in [1.29, 1.82) is 0 Å². The Bertz CT molecular complexity index is 715. The van der Waals surface area contributed by atoms with Gasteiger partial charge in [-0.15, -0.1) is 0 Å². The molecule has 1 unspecified atom stereocenters. The van der Waals surface area contributed by atoms with Crippen LogP contribution in [0.4, 0.5) is 10.1 Å². The molecule has 0 saturated carbocycles. The first kappa shape index (κ1) is 12.8. The lowest BCUT2D eigenvalue weighted by molar-refractivity contribution is -0.114. The minimum Gasteiger partial charge on any atom is -0.461 e. The van der Waals surface area contributed by atoms with Crippen LogP contribution in [0.2, 0.25) is 5.02 Å². The molecular formula is C15H9ClFNO2. The number of halogens is 2. The third kappa shape index (κ3) is 2.18. The molecule has 0 N–H and O–H groups in total. The molecule has 1 aliphatic heterocycles. The van der Waals surface area contributed by atoms with E-state index >= 15 is 0 Å². The normalized spacial score (nSPS) is 16.9. The van der Waals surface area contributed by atoms with Crippen molar-refractivity contribution in [1.82, 2.24) is 0 Å². The van der Waals surface area contributed by atoms with Gasteiger partial charge in [0.15, 0.2) is 12.4 Å². The van der Waals surface area contributed by atoms with E-state index in [0.29, 0.717) is 22.6 Å². The van der Waals surface area contributed by atoms with Crippen molar-refractivity contribution in [2.24, 2.45) is 4.99 Å². The molecule has 100 valence electrons. The van der Waals surface area contributed by atoms with Crippen LogP contribution in [0.3, 0.4) is 0 Å². The van der Waals surface area contributed by atoms with E-state index in [1.54, 1.807) is 36.4 Å². The fourth-order valence-corrected chi connectivity index (χ4v) is 2.20. The Morgan fingerprint density at radius 1 is 1.25 bits per heavy atom. The second-order valence-corrected chi connectivity index (χ2v) is 4.71. The smallest absolute Gasteiger partial charge is 0.225 e. The summed E-state index contributed by atoms with van der Waals surface area (Å²) in [5, 5.41) is 0.493. The van der Waals surface area contributed by atoms with E-state index in [9.17, 15) is 9.18 Å². The number of hydrogen-bond donors (Lipinski definition) is 0. The predicted octanol–water partition coefficient (Wildman–Crippen LogP) is 3.83. The summed E-state index contributed by atoms with van der Waals surface area (Å²) in [5.74, 6) is -0.378. The standard InChI is InChI=1S/C15H9ClFNO2/c16-9-5-6-11-13(7-9)18-15(20-14(11)8-19)10-3-1-2-4-12(10)17/h1-8,14H. The van der Waals surface area contributed by atoms with Gasteiger partial charge >= 0.3 is 0 Å². The van der Waals surface area contributed by atoms with Crippen molar-refractivity contribution in [3.8, 4) is 0 Å². The van der Waals surface area contributed by atoms with Crippen molar-refractivity contribution in [2.75, 3.05) is 0 Å². The average molecular weight is 290 g/mol. The van der Waals surface area contributed by atoms with Crippen molar-refractivity contribution < 1.29 is 13.9 Å². The van der Waals surface area contributed by atoms with Gasteiger partial charge in [-0.3, -0.25) is 4.79 Å². The highest BCUT2D eigenvalue weighted by molar-refractivity contribution is 6.30. The number of hydrogen-bond acceptors (Lipinski definition) is 3. The lowest BCUT2D eigenvalue weighted by Gasteiger charge is -2.22. The lowest BCUT2D eigenvalue weighted by Crippen LogP contribution is -2.18. The van der Waals surface area contributed by atoms with Gasteiger partial charge in [0.1, 0.15) is 5.82 Å². The highest BCUT2D eigenvalue weighted by Gasteiger charge is 2.25. The molecule has 20 heavy (non-hydrogen) atoms. The van der Waals surface area contributed by atoms with E-state index < -0.39 is 11.9 Å². The number of aldehydes is 1. The van der Waals surface area contributed by atoms with Gasteiger partial charge in [0, 0.05) is 10.6 Å². The largest absolute Gasteiger partial charge is 0.461 e. The van der Waals surface area contributed by atoms with E-state index in [1.165, 1.54) is 6.07 Å². The summed E-state index contributed by atoms with van der Waals surface area (Å²) in [4.78, 5) is 15.4. The van der Waals surface area contributed by atoms with Crippen LogP contribution in [0.15, 0.2) is 47.5 Å². The molecule has 1 atom stereocenters. The van der Waals surface area contributed by atoms with Crippen LogP contribution in [0.25, 0.3) is 0 Å². The van der Waals surface area contributed by atoms with Crippen LogP contribution in [0.5, 0.6) is 0 Å². The van der Waals surface area contributed by atoms with Crippen LogP contribution in [0, 0.1) is 5.82 Å². The van der Waals surface area contributed by atoms with Crippen LogP contribution in [0.1, 0.15) is 17.2 Å². The van der Waals surface area contributed by atoms with Crippen LogP contribution in [-0.4, -0.2) is 12.2 Å². The Morgan fingerprint density at radius 3 is 2.80 bits per heavy atom. The van der Waals surface area contributed by atoms with Gasteiger partial charge in [-0.1, -0.05) is 29.8 Å². The second kappa shape index (κ2) is 5.06. The van der Waals surface area contributed by atoms with Gasteiger partial charge in [0.2, 0.25) is 5.90 Å². The van der Waals surface area contributed by atoms with Gasteiger partial charge in [0.05, 0.1) is 11.3 Å². The average Bonchev–Trinajstić information content (AvgIpc) is 2.46. The predicted molar refractivity (Wildman–Crippen MR) is 73.9 cm³/mol. The maximum atomic E-state index is 13.8. The Morgan fingerprint density at radius 2 is 2.05 bits per heavy atom. The molecule has 2 aromatic rings. The maximum absolute atomic E-state index is 13.8. The quantitative estimate of drug-likeness (QED) is 0.788. The highest BCUT2D eigenvalue weighted by Crippen LogP contribution is 2.35. The van der Waals surface area contributed by atoms with Crippen molar-refractivity contribution >= 4 is 29.5 Å². The van der Waals surface area contributed by atoms with Crippen LogP contribution < -0.4 is 0 Å². The fourth-order valence-electron chi connectivity index (χ4n) is 2.03. The molecule has 0 aromatic heterocycles. The molecule has 3 rings (SSSR count). The van der Waals surface area contributed by atoms with Gasteiger partial charge in [-0.25, -0.2) is 9.38 Å². The summed E-state index contributed by atoms with van der Waals surface area (Å²) in [6.45, 7) is 0. The van der Waals surface area contributed by atoms with E-state index in [1.807, 2.05) is 0 Å².